The summed E-state index contributed by atoms with van der Waals surface area (Å²) < 4.78 is 5.70. The van der Waals surface area contributed by atoms with Crippen molar-refractivity contribution in [2.24, 2.45) is 11.7 Å². The van der Waals surface area contributed by atoms with Crippen LogP contribution >= 0.6 is 11.6 Å². The van der Waals surface area contributed by atoms with Crippen LogP contribution in [0.5, 0.6) is 0 Å². The van der Waals surface area contributed by atoms with E-state index in [2.05, 4.69) is 10.3 Å². The largest absolute Gasteiger partial charge is 0.441 e. The first kappa shape index (κ1) is 18.5. The Balaban J connectivity index is 1.93. The maximum atomic E-state index is 12.2. The fourth-order valence-electron chi connectivity index (χ4n) is 2.21. The zero-order valence-corrected chi connectivity index (χ0v) is 15.1. The SMILES string of the molecule is CC(C)C(C)(CN)NC(=O)CCc1ncc(-c2ccc(Cl)cc2)o1. The zero-order chi connectivity index (χ0) is 17.7. The van der Waals surface area contributed by atoms with Gasteiger partial charge in [-0.1, -0.05) is 25.4 Å². The summed E-state index contributed by atoms with van der Waals surface area (Å²) in [6.45, 7) is 6.44. The van der Waals surface area contributed by atoms with Crippen LogP contribution < -0.4 is 11.1 Å². The molecule has 6 heteroatoms. The summed E-state index contributed by atoms with van der Waals surface area (Å²) in [4.78, 5) is 16.4. The third kappa shape index (κ3) is 4.58. The Labute approximate surface area is 147 Å². The summed E-state index contributed by atoms with van der Waals surface area (Å²) in [6, 6.07) is 7.33. The van der Waals surface area contributed by atoms with Crippen molar-refractivity contribution in [2.45, 2.75) is 39.2 Å². The minimum absolute atomic E-state index is 0.0529. The Morgan fingerprint density at radius 1 is 1.38 bits per heavy atom. The summed E-state index contributed by atoms with van der Waals surface area (Å²) in [7, 11) is 0. The standard InChI is InChI=1S/C18H24ClN3O2/c1-12(2)18(3,11-20)22-16(23)8-9-17-21-10-15(24-17)13-4-6-14(19)7-5-13/h4-7,10,12H,8-9,11,20H2,1-3H3,(H,22,23). The first-order chi connectivity index (χ1) is 11.3. The van der Waals surface area contributed by atoms with Gasteiger partial charge in [0.05, 0.1) is 11.7 Å². The van der Waals surface area contributed by atoms with E-state index in [1.165, 1.54) is 0 Å². The van der Waals surface area contributed by atoms with Crippen molar-refractivity contribution in [1.29, 1.82) is 0 Å². The number of rotatable bonds is 7. The summed E-state index contributed by atoms with van der Waals surface area (Å²) in [5.41, 5.74) is 6.29. The number of hydrogen-bond donors (Lipinski definition) is 2. The van der Waals surface area contributed by atoms with Crippen LogP contribution in [0.25, 0.3) is 11.3 Å². The zero-order valence-electron chi connectivity index (χ0n) is 14.3. The van der Waals surface area contributed by atoms with Crippen molar-refractivity contribution < 1.29 is 9.21 Å². The van der Waals surface area contributed by atoms with Crippen LogP contribution in [-0.2, 0) is 11.2 Å². The van der Waals surface area contributed by atoms with E-state index in [9.17, 15) is 4.79 Å². The Hall–Kier alpha value is -1.85. The number of benzene rings is 1. The third-order valence-electron chi connectivity index (χ3n) is 4.37. The summed E-state index contributed by atoms with van der Waals surface area (Å²) in [5.74, 6) is 1.40. The first-order valence-electron chi connectivity index (χ1n) is 8.06. The molecule has 0 aliphatic heterocycles. The Morgan fingerprint density at radius 3 is 2.62 bits per heavy atom. The van der Waals surface area contributed by atoms with Crippen LogP contribution in [0.15, 0.2) is 34.9 Å². The molecule has 0 aliphatic rings. The van der Waals surface area contributed by atoms with Gasteiger partial charge in [0.2, 0.25) is 5.91 Å². The molecule has 5 nitrogen and oxygen atoms in total. The second kappa shape index (κ2) is 7.81. The van der Waals surface area contributed by atoms with E-state index in [1.807, 2.05) is 32.9 Å². The van der Waals surface area contributed by atoms with Crippen molar-refractivity contribution in [1.82, 2.24) is 10.3 Å². The molecule has 0 bridgehead atoms. The van der Waals surface area contributed by atoms with Gasteiger partial charge in [0.15, 0.2) is 11.7 Å². The highest BCUT2D eigenvalue weighted by Gasteiger charge is 2.28. The molecule has 3 N–H and O–H groups in total. The number of nitrogens with zero attached hydrogens (tertiary/aromatic N) is 1. The third-order valence-corrected chi connectivity index (χ3v) is 4.62. The quantitative estimate of drug-likeness (QED) is 0.802. The first-order valence-corrected chi connectivity index (χ1v) is 8.43. The van der Waals surface area contributed by atoms with Crippen molar-refractivity contribution in [3.05, 3.63) is 41.4 Å². The van der Waals surface area contributed by atoms with Gasteiger partial charge in [0.25, 0.3) is 0 Å². The molecular weight excluding hydrogens is 326 g/mol. The van der Waals surface area contributed by atoms with E-state index < -0.39 is 5.54 Å². The van der Waals surface area contributed by atoms with Gasteiger partial charge in [-0.05, 0) is 37.1 Å². The molecule has 0 fully saturated rings. The lowest BCUT2D eigenvalue weighted by atomic mass is 9.88. The lowest BCUT2D eigenvalue weighted by Gasteiger charge is -2.33. The number of carbonyl (C=O) groups is 1. The highest BCUT2D eigenvalue weighted by molar-refractivity contribution is 6.30. The maximum absolute atomic E-state index is 12.2. The van der Waals surface area contributed by atoms with Crippen LogP contribution in [0.1, 0.15) is 33.1 Å². The average Bonchev–Trinajstić information content (AvgIpc) is 3.02. The number of oxazole rings is 1. The minimum atomic E-state index is -0.401. The number of nitrogens with two attached hydrogens (primary N) is 1. The van der Waals surface area contributed by atoms with Crippen molar-refractivity contribution >= 4 is 17.5 Å². The summed E-state index contributed by atoms with van der Waals surface area (Å²) in [5, 5.41) is 3.68. The molecule has 1 atom stereocenters. The van der Waals surface area contributed by atoms with E-state index in [1.54, 1.807) is 18.3 Å². The maximum Gasteiger partial charge on any atom is 0.220 e. The van der Waals surface area contributed by atoms with E-state index >= 15 is 0 Å². The molecule has 1 amide bonds. The normalized spacial score (nSPS) is 13.8. The molecular formula is C18H24ClN3O2. The van der Waals surface area contributed by atoms with Gasteiger partial charge in [-0.25, -0.2) is 4.98 Å². The second-order valence-electron chi connectivity index (χ2n) is 6.45. The van der Waals surface area contributed by atoms with Crippen LogP contribution in [0.3, 0.4) is 0 Å². The Kier molecular flexibility index (Phi) is 6.02. The average molecular weight is 350 g/mol. The number of halogens is 1. The monoisotopic (exact) mass is 349 g/mol. The van der Waals surface area contributed by atoms with E-state index in [0.29, 0.717) is 36.1 Å². The van der Waals surface area contributed by atoms with E-state index in [0.717, 1.165) is 5.56 Å². The van der Waals surface area contributed by atoms with Crippen LogP contribution in [-0.4, -0.2) is 23.0 Å². The molecule has 1 heterocycles. The molecule has 1 unspecified atom stereocenters. The number of amides is 1. The Bertz CT molecular complexity index is 682. The predicted octanol–water partition coefficient (Wildman–Crippen LogP) is 3.42. The van der Waals surface area contributed by atoms with Crippen molar-refractivity contribution in [2.75, 3.05) is 6.54 Å². The predicted molar refractivity (Wildman–Crippen MR) is 95.7 cm³/mol. The molecule has 0 radical (unpaired) electrons. The van der Waals surface area contributed by atoms with E-state index in [-0.39, 0.29) is 11.8 Å². The number of aromatic nitrogens is 1. The molecule has 130 valence electrons. The van der Waals surface area contributed by atoms with Gasteiger partial charge in [-0.15, -0.1) is 0 Å². The van der Waals surface area contributed by atoms with Gasteiger partial charge in [-0.2, -0.15) is 0 Å². The second-order valence-corrected chi connectivity index (χ2v) is 6.89. The molecule has 0 saturated carbocycles. The molecule has 2 rings (SSSR count). The molecule has 0 aliphatic carbocycles. The summed E-state index contributed by atoms with van der Waals surface area (Å²) >= 11 is 5.88. The van der Waals surface area contributed by atoms with E-state index in [4.69, 9.17) is 21.8 Å². The fraction of sp³-hybridized carbons (Fsp3) is 0.444. The smallest absolute Gasteiger partial charge is 0.220 e. The summed E-state index contributed by atoms with van der Waals surface area (Å²) in [6.07, 6.45) is 2.41. The molecule has 0 saturated heterocycles. The number of carbonyl (C=O) groups excluding carboxylic acids is 1. The Morgan fingerprint density at radius 2 is 2.04 bits per heavy atom. The van der Waals surface area contributed by atoms with Gasteiger partial charge < -0.3 is 15.5 Å². The van der Waals surface area contributed by atoms with Gasteiger partial charge in [0, 0.05) is 30.0 Å². The highest BCUT2D eigenvalue weighted by atomic mass is 35.5. The van der Waals surface area contributed by atoms with Crippen molar-refractivity contribution in [3.8, 4) is 11.3 Å². The molecule has 2 aromatic rings. The number of nitrogens with one attached hydrogen (secondary N) is 1. The van der Waals surface area contributed by atoms with Crippen LogP contribution in [0, 0.1) is 5.92 Å². The van der Waals surface area contributed by atoms with Gasteiger partial charge in [-0.3, -0.25) is 4.79 Å². The topological polar surface area (TPSA) is 81.1 Å². The molecule has 24 heavy (non-hydrogen) atoms. The lowest BCUT2D eigenvalue weighted by Crippen LogP contribution is -2.55. The molecule has 1 aromatic heterocycles. The number of hydrogen-bond acceptors (Lipinski definition) is 4. The van der Waals surface area contributed by atoms with Crippen LogP contribution in [0.4, 0.5) is 0 Å². The highest BCUT2D eigenvalue weighted by Crippen LogP contribution is 2.23. The minimum Gasteiger partial charge on any atom is -0.441 e. The van der Waals surface area contributed by atoms with Gasteiger partial charge in [0.1, 0.15) is 0 Å². The number of aryl methyl sites for hydroxylation is 1. The fourth-order valence-corrected chi connectivity index (χ4v) is 2.33. The molecule has 0 spiro atoms. The lowest BCUT2D eigenvalue weighted by molar-refractivity contribution is -0.123. The van der Waals surface area contributed by atoms with Crippen LogP contribution in [0.2, 0.25) is 5.02 Å². The molecule has 1 aromatic carbocycles. The van der Waals surface area contributed by atoms with Gasteiger partial charge >= 0.3 is 0 Å². The van der Waals surface area contributed by atoms with Crippen molar-refractivity contribution in [3.63, 3.8) is 0 Å².